The number of carbonyl (C=O) groups is 1. The van der Waals surface area contributed by atoms with Gasteiger partial charge >= 0.3 is 0 Å². The third-order valence-corrected chi connectivity index (χ3v) is 7.82. The Hall–Kier alpha value is -0.560. The van der Waals surface area contributed by atoms with Crippen LogP contribution in [0.4, 0.5) is 0 Å². The van der Waals surface area contributed by atoms with Gasteiger partial charge in [0.2, 0.25) is 0 Å². The standard InChI is InChI=1S/C19H25ClO/c1-18-9-3-4-13(18)12-5-6-15-17(20)16(21)8-11-19(15,2)14(12)7-10-18/h3,9,12-14H,4-8,10-11H2,1-2H3/t12-,13-,14-,18-,19+/m0/s1. The Labute approximate surface area is 132 Å². The lowest BCUT2D eigenvalue weighted by Gasteiger charge is -2.57. The molecule has 1 nitrogen and oxygen atoms in total. The minimum absolute atomic E-state index is 0.186. The van der Waals surface area contributed by atoms with Crippen molar-refractivity contribution in [2.75, 3.05) is 0 Å². The number of fused-ring (bicyclic) bond motifs is 5. The molecule has 4 aliphatic carbocycles. The number of hydrogen-bond donors (Lipinski definition) is 0. The third-order valence-electron chi connectivity index (χ3n) is 7.38. The number of allylic oxidation sites excluding steroid dienone is 4. The van der Waals surface area contributed by atoms with E-state index < -0.39 is 0 Å². The van der Waals surface area contributed by atoms with Crippen molar-refractivity contribution in [3.05, 3.63) is 22.8 Å². The maximum atomic E-state index is 12.0. The second-order valence-corrected chi connectivity index (χ2v) is 8.61. The van der Waals surface area contributed by atoms with Crippen LogP contribution in [0.2, 0.25) is 0 Å². The molecule has 0 N–H and O–H groups in total. The van der Waals surface area contributed by atoms with Gasteiger partial charge in [-0.25, -0.2) is 0 Å². The summed E-state index contributed by atoms with van der Waals surface area (Å²) in [5, 5.41) is 0.597. The molecular formula is C19H25ClO. The first-order valence-electron chi connectivity index (χ1n) is 8.56. The Kier molecular flexibility index (Phi) is 2.99. The van der Waals surface area contributed by atoms with Crippen molar-refractivity contribution in [3.63, 3.8) is 0 Å². The molecule has 0 aromatic rings. The maximum absolute atomic E-state index is 12.0. The Bertz CT molecular complexity index is 560. The molecule has 0 bridgehead atoms. The van der Waals surface area contributed by atoms with Crippen LogP contribution in [0.25, 0.3) is 0 Å². The minimum atomic E-state index is 0.186. The summed E-state index contributed by atoms with van der Waals surface area (Å²) in [5.74, 6) is 2.57. The SMILES string of the molecule is C[C@@]12C=CC[C@H]1[C@@H]1CCC3=C(Cl)C(=O)CC[C@]3(C)[C@H]1CC2. The molecule has 4 rings (SSSR count). The number of Topliss-reactive ketones (excluding diaryl/α,β-unsaturated/α-hetero) is 1. The number of halogens is 1. The van der Waals surface area contributed by atoms with E-state index in [4.69, 9.17) is 11.6 Å². The highest BCUT2D eigenvalue weighted by molar-refractivity contribution is 6.43. The average molecular weight is 305 g/mol. The first-order chi connectivity index (χ1) is 9.96. The molecule has 0 saturated heterocycles. The number of carbonyl (C=O) groups excluding carboxylic acids is 1. The van der Waals surface area contributed by atoms with E-state index in [1.165, 1.54) is 31.3 Å². The third kappa shape index (κ3) is 1.79. The van der Waals surface area contributed by atoms with Crippen molar-refractivity contribution in [2.24, 2.45) is 28.6 Å². The summed E-state index contributed by atoms with van der Waals surface area (Å²) in [6.45, 7) is 4.86. The number of ketones is 1. The summed E-state index contributed by atoms with van der Waals surface area (Å²) < 4.78 is 0. The van der Waals surface area contributed by atoms with Crippen molar-refractivity contribution < 1.29 is 4.79 Å². The van der Waals surface area contributed by atoms with Crippen LogP contribution in [0.15, 0.2) is 22.8 Å². The molecule has 21 heavy (non-hydrogen) atoms. The molecular weight excluding hydrogens is 280 g/mol. The van der Waals surface area contributed by atoms with Gasteiger partial charge in [0.1, 0.15) is 0 Å². The van der Waals surface area contributed by atoms with E-state index in [0.29, 0.717) is 16.9 Å². The van der Waals surface area contributed by atoms with Crippen LogP contribution in [-0.4, -0.2) is 5.78 Å². The molecule has 114 valence electrons. The van der Waals surface area contributed by atoms with Crippen LogP contribution in [0.3, 0.4) is 0 Å². The van der Waals surface area contributed by atoms with Crippen LogP contribution in [0, 0.1) is 28.6 Å². The highest BCUT2D eigenvalue weighted by Crippen LogP contribution is 2.64. The van der Waals surface area contributed by atoms with E-state index in [1.54, 1.807) is 0 Å². The number of hydrogen-bond acceptors (Lipinski definition) is 1. The Balaban J connectivity index is 1.73. The summed E-state index contributed by atoms with van der Waals surface area (Å²) >= 11 is 6.42. The summed E-state index contributed by atoms with van der Waals surface area (Å²) in [6, 6.07) is 0. The van der Waals surface area contributed by atoms with E-state index in [0.717, 1.165) is 30.6 Å². The van der Waals surface area contributed by atoms with Gasteiger partial charge in [0, 0.05) is 6.42 Å². The fraction of sp³-hybridized carbons (Fsp3) is 0.737. The van der Waals surface area contributed by atoms with Gasteiger partial charge in [0.05, 0.1) is 5.03 Å². The Morgan fingerprint density at radius 3 is 2.76 bits per heavy atom. The first-order valence-corrected chi connectivity index (χ1v) is 8.93. The van der Waals surface area contributed by atoms with Gasteiger partial charge in [-0.15, -0.1) is 0 Å². The Morgan fingerprint density at radius 1 is 1.14 bits per heavy atom. The molecule has 5 atom stereocenters. The highest BCUT2D eigenvalue weighted by Gasteiger charge is 2.55. The topological polar surface area (TPSA) is 17.1 Å². The van der Waals surface area contributed by atoms with Gasteiger partial charge < -0.3 is 0 Å². The van der Waals surface area contributed by atoms with Crippen molar-refractivity contribution in [2.45, 2.75) is 58.8 Å². The van der Waals surface area contributed by atoms with Gasteiger partial charge in [-0.3, -0.25) is 4.79 Å². The van der Waals surface area contributed by atoms with Crippen LogP contribution in [0.5, 0.6) is 0 Å². The van der Waals surface area contributed by atoms with Crippen LogP contribution < -0.4 is 0 Å². The fourth-order valence-corrected chi connectivity index (χ4v) is 6.54. The molecule has 0 heterocycles. The summed E-state index contributed by atoms with van der Waals surface area (Å²) in [7, 11) is 0. The monoisotopic (exact) mass is 304 g/mol. The normalized spacial score (nSPS) is 48.9. The van der Waals surface area contributed by atoms with E-state index in [-0.39, 0.29) is 11.2 Å². The van der Waals surface area contributed by atoms with Gasteiger partial charge in [0.15, 0.2) is 5.78 Å². The largest absolute Gasteiger partial charge is 0.293 e. The van der Waals surface area contributed by atoms with E-state index >= 15 is 0 Å². The second kappa shape index (κ2) is 4.47. The zero-order chi connectivity index (χ0) is 14.8. The second-order valence-electron chi connectivity index (χ2n) is 8.23. The van der Waals surface area contributed by atoms with Crippen LogP contribution >= 0.6 is 11.6 Å². The first kappa shape index (κ1) is 14.1. The predicted octanol–water partition coefficient (Wildman–Crippen LogP) is 5.25. The van der Waals surface area contributed by atoms with Crippen molar-refractivity contribution in [1.29, 1.82) is 0 Å². The lowest BCUT2D eigenvalue weighted by molar-refractivity contribution is -0.117. The molecule has 2 fully saturated rings. The predicted molar refractivity (Wildman–Crippen MR) is 86.0 cm³/mol. The smallest absolute Gasteiger partial charge is 0.174 e. The molecule has 0 spiro atoms. The molecule has 0 aromatic heterocycles. The minimum Gasteiger partial charge on any atom is -0.293 e. The van der Waals surface area contributed by atoms with Crippen LogP contribution in [-0.2, 0) is 4.79 Å². The summed E-state index contributed by atoms with van der Waals surface area (Å²) in [4.78, 5) is 12.0. The van der Waals surface area contributed by atoms with Crippen molar-refractivity contribution in [1.82, 2.24) is 0 Å². The molecule has 0 amide bonds. The summed E-state index contributed by atoms with van der Waals surface area (Å²) in [6.07, 6.45) is 12.7. The molecule has 2 saturated carbocycles. The molecule has 0 unspecified atom stereocenters. The van der Waals surface area contributed by atoms with Gasteiger partial charge in [-0.05, 0) is 72.7 Å². The maximum Gasteiger partial charge on any atom is 0.174 e. The van der Waals surface area contributed by atoms with Gasteiger partial charge in [0.25, 0.3) is 0 Å². The van der Waals surface area contributed by atoms with Gasteiger partial charge in [-0.1, -0.05) is 37.6 Å². The molecule has 0 radical (unpaired) electrons. The summed E-state index contributed by atoms with van der Waals surface area (Å²) in [5.41, 5.74) is 1.93. The zero-order valence-corrected chi connectivity index (χ0v) is 13.9. The van der Waals surface area contributed by atoms with Crippen molar-refractivity contribution >= 4 is 17.4 Å². The van der Waals surface area contributed by atoms with E-state index in [9.17, 15) is 4.79 Å². The molecule has 0 aromatic carbocycles. The average Bonchev–Trinajstić information content (AvgIpc) is 2.85. The zero-order valence-electron chi connectivity index (χ0n) is 13.1. The highest BCUT2D eigenvalue weighted by atomic mass is 35.5. The fourth-order valence-electron chi connectivity index (χ4n) is 6.13. The molecule has 4 aliphatic rings. The van der Waals surface area contributed by atoms with Gasteiger partial charge in [-0.2, -0.15) is 0 Å². The number of rotatable bonds is 0. The molecule has 0 aliphatic heterocycles. The molecule has 2 heteroatoms. The Morgan fingerprint density at radius 2 is 1.95 bits per heavy atom. The van der Waals surface area contributed by atoms with Crippen LogP contribution in [0.1, 0.15) is 58.8 Å². The van der Waals surface area contributed by atoms with Crippen molar-refractivity contribution in [3.8, 4) is 0 Å². The van der Waals surface area contributed by atoms with E-state index in [1.807, 2.05) is 0 Å². The van der Waals surface area contributed by atoms with E-state index in [2.05, 4.69) is 26.0 Å². The lowest BCUT2D eigenvalue weighted by atomic mass is 9.47. The lowest BCUT2D eigenvalue weighted by Crippen LogP contribution is -2.49. The quantitative estimate of drug-likeness (QED) is 0.559.